The van der Waals surface area contributed by atoms with Gasteiger partial charge in [-0.1, -0.05) is 18.2 Å². The molecule has 0 saturated carbocycles. The smallest absolute Gasteiger partial charge is 0.148 e. The lowest BCUT2D eigenvalue weighted by atomic mass is 9.98. The molecule has 0 saturated heterocycles. The summed E-state index contributed by atoms with van der Waals surface area (Å²) in [7, 11) is 0. The summed E-state index contributed by atoms with van der Waals surface area (Å²) < 4.78 is 3.93. The molecule has 0 bridgehead atoms. The molecule has 7 nitrogen and oxygen atoms in total. The number of hydrogen-bond acceptors (Lipinski definition) is 5. The highest BCUT2D eigenvalue weighted by Crippen LogP contribution is 2.29. The summed E-state index contributed by atoms with van der Waals surface area (Å²) >= 11 is 0. The third-order valence-electron chi connectivity index (χ3n) is 4.75. The van der Waals surface area contributed by atoms with E-state index in [-0.39, 0.29) is 5.92 Å². The first-order chi connectivity index (χ1) is 12.3. The van der Waals surface area contributed by atoms with Gasteiger partial charge in [-0.05, 0) is 25.5 Å². The van der Waals surface area contributed by atoms with Crippen LogP contribution in [0.1, 0.15) is 29.8 Å². The fourth-order valence-electron chi connectivity index (χ4n) is 3.58. The molecule has 124 valence electrons. The zero-order chi connectivity index (χ0) is 16.8. The largest absolute Gasteiger partial charge is 0.254 e. The lowest BCUT2D eigenvalue weighted by Crippen LogP contribution is -2.22. The standard InChI is InChI=1S/C18H17N7/c1-12-22-18(14-7-8-16-20-11-21-24(16)10-14)25(23-12)15-6-2-4-13-5-3-9-19-17(13)15/h2-6,9,11,14H,7-8,10H2,1H3. The van der Waals surface area contributed by atoms with E-state index in [9.17, 15) is 0 Å². The number of rotatable bonds is 2. The van der Waals surface area contributed by atoms with E-state index in [1.807, 2.05) is 34.6 Å². The van der Waals surface area contributed by atoms with E-state index in [0.29, 0.717) is 0 Å². The van der Waals surface area contributed by atoms with Crippen LogP contribution >= 0.6 is 0 Å². The van der Waals surface area contributed by atoms with Crippen molar-refractivity contribution in [2.24, 2.45) is 0 Å². The minimum atomic E-state index is 0.259. The quantitative estimate of drug-likeness (QED) is 0.564. The van der Waals surface area contributed by atoms with Gasteiger partial charge in [-0.2, -0.15) is 10.2 Å². The molecular formula is C18H17N7. The molecule has 0 amide bonds. The Morgan fingerprint density at radius 2 is 2.04 bits per heavy atom. The van der Waals surface area contributed by atoms with Gasteiger partial charge in [-0.3, -0.25) is 4.98 Å². The van der Waals surface area contributed by atoms with Crippen LogP contribution in [0.4, 0.5) is 0 Å². The molecule has 25 heavy (non-hydrogen) atoms. The molecule has 7 heteroatoms. The molecule has 0 radical (unpaired) electrons. The second kappa shape index (κ2) is 5.47. The minimum Gasteiger partial charge on any atom is -0.254 e. The van der Waals surface area contributed by atoms with E-state index in [1.54, 1.807) is 6.33 Å². The number of para-hydroxylation sites is 1. The Hall–Kier alpha value is -3.09. The molecule has 5 rings (SSSR count). The average Bonchev–Trinajstić information content (AvgIpc) is 3.26. The summed E-state index contributed by atoms with van der Waals surface area (Å²) in [4.78, 5) is 13.6. The number of aromatic nitrogens is 7. The molecule has 0 N–H and O–H groups in total. The predicted octanol–water partition coefficient (Wildman–Crippen LogP) is 2.45. The van der Waals surface area contributed by atoms with Crippen LogP contribution in [0.3, 0.4) is 0 Å². The highest BCUT2D eigenvalue weighted by molar-refractivity contribution is 5.86. The first-order valence-corrected chi connectivity index (χ1v) is 8.44. The van der Waals surface area contributed by atoms with Gasteiger partial charge in [-0.15, -0.1) is 0 Å². The van der Waals surface area contributed by atoms with Gasteiger partial charge in [0.1, 0.15) is 23.8 Å². The minimum absolute atomic E-state index is 0.259. The average molecular weight is 331 g/mol. The number of aryl methyl sites for hydroxylation is 2. The van der Waals surface area contributed by atoms with Crippen molar-refractivity contribution < 1.29 is 0 Å². The van der Waals surface area contributed by atoms with Crippen molar-refractivity contribution in [1.29, 1.82) is 0 Å². The molecule has 0 spiro atoms. The number of hydrogen-bond donors (Lipinski definition) is 0. The van der Waals surface area contributed by atoms with Crippen LogP contribution in [-0.2, 0) is 13.0 Å². The SMILES string of the molecule is Cc1nc(C2CCc3ncnn3C2)n(-c2cccc3cccnc23)n1. The summed E-state index contributed by atoms with van der Waals surface area (Å²) in [6, 6.07) is 10.2. The lowest BCUT2D eigenvalue weighted by Gasteiger charge is -2.22. The zero-order valence-corrected chi connectivity index (χ0v) is 13.9. The maximum atomic E-state index is 4.74. The number of pyridine rings is 1. The third kappa shape index (κ3) is 2.31. The Balaban J connectivity index is 1.64. The summed E-state index contributed by atoms with van der Waals surface area (Å²) in [5, 5.41) is 10.1. The molecule has 1 atom stereocenters. The van der Waals surface area contributed by atoms with Crippen LogP contribution in [-0.4, -0.2) is 34.5 Å². The van der Waals surface area contributed by atoms with Gasteiger partial charge in [0.25, 0.3) is 0 Å². The Morgan fingerprint density at radius 3 is 3.00 bits per heavy atom. The highest BCUT2D eigenvalue weighted by Gasteiger charge is 2.27. The maximum absolute atomic E-state index is 4.74. The van der Waals surface area contributed by atoms with Gasteiger partial charge in [0.15, 0.2) is 0 Å². The predicted molar refractivity (Wildman–Crippen MR) is 92.5 cm³/mol. The summed E-state index contributed by atoms with van der Waals surface area (Å²) in [5.74, 6) is 3.05. The van der Waals surface area contributed by atoms with Crippen LogP contribution < -0.4 is 0 Å². The van der Waals surface area contributed by atoms with Crippen molar-refractivity contribution in [1.82, 2.24) is 34.5 Å². The van der Waals surface area contributed by atoms with Crippen molar-refractivity contribution in [3.05, 3.63) is 60.3 Å². The van der Waals surface area contributed by atoms with Crippen LogP contribution in [0.5, 0.6) is 0 Å². The second-order valence-corrected chi connectivity index (χ2v) is 6.38. The molecule has 3 aromatic heterocycles. The normalized spacial score (nSPS) is 16.9. The van der Waals surface area contributed by atoms with E-state index < -0.39 is 0 Å². The zero-order valence-electron chi connectivity index (χ0n) is 13.9. The topological polar surface area (TPSA) is 74.3 Å². The number of nitrogens with zero attached hydrogens (tertiary/aromatic N) is 7. The van der Waals surface area contributed by atoms with Crippen LogP contribution in [0.25, 0.3) is 16.6 Å². The Bertz CT molecular complexity index is 1060. The monoisotopic (exact) mass is 331 g/mol. The van der Waals surface area contributed by atoms with Crippen LogP contribution in [0, 0.1) is 6.92 Å². The number of fused-ring (bicyclic) bond motifs is 2. The van der Waals surface area contributed by atoms with E-state index in [2.05, 4.69) is 38.4 Å². The van der Waals surface area contributed by atoms with E-state index >= 15 is 0 Å². The molecule has 4 heterocycles. The van der Waals surface area contributed by atoms with E-state index in [1.165, 1.54) is 0 Å². The summed E-state index contributed by atoms with van der Waals surface area (Å²) in [6.45, 7) is 2.72. The van der Waals surface area contributed by atoms with Crippen molar-refractivity contribution in [2.75, 3.05) is 0 Å². The number of benzene rings is 1. The van der Waals surface area contributed by atoms with E-state index in [4.69, 9.17) is 4.98 Å². The Labute approximate surface area is 144 Å². The van der Waals surface area contributed by atoms with Crippen molar-refractivity contribution in [2.45, 2.75) is 32.2 Å². The summed E-state index contributed by atoms with van der Waals surface area (Å²) in [5.41, 5.74) is 1.91. The van der Waals surface area contributed by atoms with Gasteiger partial charge in [0.2, 0.25) is 0 Å². The van der Waals surface area contributed by atoms with Gasteiger partial charge >= 0.3 is 0 Å². The first kappa shape index (κ1) is 14.3. The highest BCUT2D eigenvalue weighted by atomic mass is 15.4. The van der Waals surface area contributed by atoms with Gasteiger partial charge in [0.05, 0.1) is 17.7 Å². The van der Waals surface area contributed by atoms with Crippen LogP contribution in [0.15, 0.2) is 42.9 Å². The fourth-order valence-corrected chi connectivity index (χ4v) is 3.58. The second-order valence-electron chi connectivity index (χ2n) is 6.38. The van der Waals surface area contributed by atoms with Crippen molar-refractivity contribution in [3.8, 4) is 5.69 Å². The molecule has 0 aliphatic carbocycles. The molecule has 0 fully saturated rings. The molecule has 1 aliphatic heterocycles. The summed E-state index contributed by atoms with van der Waals surface area (Å²) in [6.07, 6.45) is 5.35. The molecular weight excluding hydrogens is 314 g/mol. The lowest BCUT2D eigenvalue weighted by molar-refractivity contribution is 0.404. The fraction of sp³-hybridized carbons (Fsp3) is 0.278. The Morgan fingerprint density at radius 1 is 1.12 bits per heavy atom. The van der Waals surface area contributed by atoms with Gasteiger partial charge in [0, 0.05) is 23.9 Å². The third-order valence-corrected chi connectivity index (χ3v) is 4.75. The Kier molecular flexibility index (Phi) is 3.12. The van der Waals surface area contributed by atoms with Crippen molar-refractivity contribution in [3.63, 3.8) is 0 Å². The van der Waals surface area contributed by atoms with Crippen molar-refractivity contribution >= 4 is 10.9 Å². The van der Waals surface area contributed by atoms with Gasteiger partial charge in [-0.25, -0.2) is 19.3 Å². The molecule has 1 unspecified atom stereocenters. The molecule has 4 aromatic rings. The molecule has 1 aromatic carbocycles. The first-order valence-electron chi connectivity index (χ1n) is 8.44. The van der Waals surface area contributed by atoms with Crippen LogP contribution in [0.2, 0.25) is 0 Å². The maximum Gasteiger partial charge on any atom is 0.148 e. The molecule has 1 aliphatic rings. The van der Waals surface area contributed by atoms with Gasteiger partial charge < -0.3 is 0 Å². The van der Waals surface area contributed by atoms with E-state index in [0.717, 1.165) is 53.4 Å².